The van der Waals surface area contributed by atoms with Crippen LogP contribution in [0.15, 0.2) is 29.2 Å². The second-order valence-corrected chi connectivity index (χ2v) is 7.75. The number of likely N-dealkylation sites (tertiary alicyclic amines) is 1. The maximum atomic E-state index is 12.6. The van der Waals surface area contributed by atoms with Crippen molar-refractivity contribution in [3.8, 4) is 0 Å². The van der Waals surface area contributed by atoms with E-state index in [0.717, 1.165) is 45.3 Å². The molecule has 0 aromatic heterocycles. The Balaban J connectivity index is 1.59. The molecule has 2 aliphatic rings. The summed E-state index contributed by atoms with van der Waals surface area (Å²) in [6, 6.07) is 7.61. The second-order valence-electron chi connectivity index (χ2n) is 5.88. The Morgan fingerprint density at radius 2 is 1.86 bits per heavy atom. The summed E-state index contributed by atoms with van der Waals surface area (Å²) in [5.41, 5.74) is 0. The van der Waals surface area contributed by atoms with Gasteiger partial charge >= 0.3 is 0 Å². The Hall–Kier alpha value is -0.750. The molecule has 1 aromatic rings. The van der Waals surface area contributed by atoms with Crippen molar-refractivity contribution in [3.63, 3.8) is 0 Å². The average Bonchev–Trinajstić information content (AvgIpc) is 2.55. The smallest absolute Gasteiger partial charge is 0.222 e. The van der Waals surface area contributed by atoms with E-state index in [2.05, 4.69) is 0 Å². The van der Waals surface area contributed by atoms with Gasteiger partial charge in [-0.05, 0) is 37.8 Å². The summed E-state index contributed by atoms with van der Waals surface area (Å²) in [4.78, 5) is 14.7. The first-order valence-electron chi connectivity index (χ1n) is 7.87. The monoisotopic (exact) mass is 340 g/mol. The molecule has 1 amide bonds. The lowest BCUT2D eigenvalue weighted by Gasteiger charge is -2.39. The molecular weight excluding hydrogens is 320 g/mol. The van der Waals surface area contributed by atoms with Crippen LogP contribution < -0.4 is 0 Å². The minimum absolute atomic E-state index is 0.289. The highest BCUT2D eigenvalue weighted by molar-refractivity contribution is 7.89. The van der Waals surface area contributed by atoms with Gasteiger partial charge in [0.15, 0.2) is 4.90 Å². The molecule has 1 unspecified atom stereocenters. The summed E-state index contributed by atoms with van der Waals surface area (Å²) in [6.07, 6.45) is 4.60. The largest absolute Gasteiger partial charge is 0.593 e. The van der Waals surface area contributed by atoms with Crippen LogP contribution in [0.25, 0.3) is 0 Å². The quantitative estimate of drug-likeness (QED) is 0.795. The number of rotatable bonds is 3. The van der Waals surface area contributed by atoms with E-state index >= 15 is 0 Å². The zero-order valence-electron chi connectivity index (χ0n) is 12.5. The highest BCUT2D eigenvalue weighted by Gasteiger charge is 2.34. The molecule has 0 saturated carbocycles. The number of nitrogens with zero attached hydrogens (tertiary/aromatic N) is 2. The fourth-order valence-electron chi connectivity index (χ4n) is 3.26. The lowest BCUT2D eigenvalue weighted by atomic mass is 10.0. The molecule has 0 spiro atoms. The number of carbonyl (C=O) groups is 1. The van der Waals surface area contributed by atoms with E-state index < -0.39 is 11.4 Å². The molecule has 22 heavy (non-hydrogen) atoms. The molecule has 0 N–H and O–H groups in total. The molecule has 2 saturated heterocycles. The number of piperidine rings is 2. The Bertz CT molecular complexity index is 535. The van der Waals surface area contributed by atoms with Crippen LogP contribution in [0.3, 0.4) is 0 Å². The maximum absolute atomic E-state index is 12.6. The predicted octanol–water partition coefficient (Wildman–Crippen LogP) is 2.84. The molecule has 6 heteroatoms. The number of carbonyl (C=O) groups excluding carboxylic acids is 1. The van der Waals surface area contributed by atoms with Crippen molar-refractivity contribution in [1.82, 2.24) is 9.21 Å². The molecule has 120 valence electrons. The van der Waals surface area contributed by atoms with Crippen molar-refractivity contribution >= 4 is 28.9 Å². The number of halogens is 1. The molecule has 1 aromatic carbocycles. The molecule has 1 atom stereocenters. The Morgan fingerprint density at radius 3 is 2.55 bits per heavy atom. The van der Waals surface area contributed by atoms with Gasteiger partial charge in [-0.3, -0.25) is 4.79 Å². The van der Waals surface area contributed by atoms with Crippen LogP contribution in [0.4, 0.5) is 0 Å². The number of hydrogen-bond acceptors (Lipinski definition) is 3. The standard InChI is InChI=1S/C16H21ClN2O2S/c17-14-5-1-2-6-15(14)22(21)18-11-8-13(9-12-18)19-10-4-3-7-16(19)20/h1-2,5-6,13H,3-4,7-12H2. The zero-order valence-corrected chi connectivity index (χ0v) is 14.1. The highest BCUT2D eigenvalue weighted by Crippen LogP contribution is 2.28. The first-order chi connectivity index (χ1) is 10.7. The highest BCUT2D eigenvalue weighted by atomic mass is 35.5. The summed E-state index contributed by atoms with van der Waals surface area (Å²) >= 11 is 4.92. The van der Waals surface area contributed by atoms with Gasteiger partial charge in [0.1, 0.15) is 0 Å². The van der Waals surface area contributed by atoms with Crippen molar-refractivity contribution in [2.24, 2.45) is 0 Å². The molecule has 4 nitrogen and oxygen atoms in total. The van der Waals surface area contributed by atoms with E-state index in [1.807, 2.05) is 27.4 Å². The van der Waals surface area contributed by atoms with Gasteiger partial charge in [-0.1, -0.05) is 23.7 Å². The van der Waals surface area contributed by atoms with Gasteiger partial charge in [-0.2, -0.15) is 0 Å². The molecule has 2 aliphatic heterocycles. The number of amides is 1. The van der Waals surface area contributed by atoms with E-state index in [4.69, 9.17) is 11.6 Å². The van der Waals surface area contributed by atoms with Crippen molar-refractivity contribution in [3.05, 3.63) is 29.3 Å². The van der Waals surface area contributed by atoms with Gasteiger partial charge in [0.2, 0.25) is 5.91 Å². The van der Waals surface area contributed by atoms with E-state index in [1.54, 1.807) is 6.07 Å². The Labute approximate surface area is 139 Å². The minimum atomic E-state index is -1.21. The van der Waals surface area contributed by atoms with Crippen molar-refractivity contribution in [2.45, 2.75) is 43.0 Å². The zero-order chi connectivity index (χ0) is 15.5. The van der Waals surface area contributed by atoms with Crippen LogP contribution in [0.1, 0.15) is 32.1 Å². The lowest BCUT2D eigenvalue weighted by molar-refractivity contribution is -0.136. The van der Waals surface area contributed by atoms with Gasteiger partial charge in [-0.15, -0.1) is 4.31 Å². The fourth-order valence-corrected chi connectivity index (χ4v) is 4.84. The van der Waals surface area contributed by atoms with Crippen molar-refractivity contribution in [2.75, 3.05) is 19.6 Å². The average molecular weight is 341 g/mol. The number of hydrogen-bond donors (Lipinski definition) is 0. The van der Waals surface area contributed by atoms with Crippen LogP contribution in [0.2, 0.25) is 5.02 Å². The topological polar surface area (TPSA) is 46.6 Å². The fraction of sp³-hybridized carbons (Fsp3) is 0.562. The molecule has 2 heterocycles. The summed E-state index contributed by atoms with van der Waals surface area (Å²) < 4.78 is 14.6. The predicted molar refractivity (Wildman–Crippen MR) is 88.0 cm³/mol. The maximum Gasteiger partial charge on any atom is 0.222 e. The summed E-state index contributed by atoms with van der Waals surface area (Å²) in [5.74, 6) is 0.289. The van der Waals surface area contributed by atoms with Gasteiger partial charge in [0, 0.05) is 32.1 Å². The van der Waals surface area contributed by atoms with Crippen LogP contribution in [-0.2, 0) is 16.2 Å². The third-order valence-electron chi connectivity index (χ3n) is 4.48. The SMILES string of the molecule is O=C1CCCCN1C1CCN([S+]([O-])c2ccccc2Cl)CC1. The van der Waals surface area contributed by atoms with E-state index in [0.29, 0.717) is 22.4 Å². The molecule has 0 radical (unpaired) electrons. The van der Waals surface area contributed by atoms with Crippen molar-refractivity contribution in [1.29, 1.82) is 0 Å². The van der Waals surface area contributed by atoms with Gasteiger partial charge in [-0.25, -0.2) is 0 Å². The van der Waals surface area contributed by atoms with Crippen LogP contribution in [0.5, 0.6) is 0 Å². The van der Waals surface area contributed by atoms with Crippen molar-refractivity contribution < 1.29 is 9.35 Å². The molecule has 0 bridgehead atoms. The summed E-state index contributed by atoms with van der Waals surface area (Å²) in [7, 11) is 0. The second kappa shape index (κ2) is 7.21. The third-order valence-corrected chi connectivity index (χ3v) is 6.49. The first-order valence-corrected chi connectivity index (χ1v) is 9.36. The van der Waals surface area contributed by atoms with E-state index in [1.165, 1.54) is 0 Å². The normalized spacial score (nSPS) is 22.8. The van der Waals surface area contributed by atoms with Gasteiger partial charge < -0.3 is 9.45 Å². The molecule has 2 fully saturated rings. The van der Waals surface area contributed by atoms with E-state index in [-0.39, 0.29) is 5.91 Å². The number of benzene rings is 1. The minimum Gasteiger partial charge on any atom is -0.593 e. The molecular formula is C16H21ClN2O2S. The first kappa shape index (κ1) is 16.1. The Kier molecular flexibility index (Phi) is 5.29. The molecule has 0 aliphatic carbocycles. The van der Waals surface area contributed by atoms with Crippen LogP contribution in [0, 0.1) is 0 Å². The van der Waals surface area contributed by atoms with Gasteiger partial charge in [0.05, 0.1) is 16.4 Å². The lowest BCUT2D eigenvalue weighted by Crippen LogP contribution is -2.50. The summed E-state index contributed by atoms with van der Waals surface area (Å²) in [5, 5.41) is 0.550. The van der Waals surface area contributed by atoms with Crippen LogP contribution in [-0.4, -0.2) is 45.3 Å². The molecule has 3 rings (SSSR count). The third kappa shape index (κ3) is 3.43. The van der Waals surface area contributed by atoms with Crippen LogP contribution >= 0.6 is 11.6 Å². The summed E-state index contributed by atoms with van der Waals surface area (Å²) in [6.45, 7) is 2.37. The van der Waals surface area contributed by atoms with Gasteiger partial charge in [0.25, 0.3) is 0 Å². The Morgan fingerprint density at radius 1 is 1.14 bits per heavy atom. The van der Waals surface area contributed by atoms with E-state index in [9.17, 15) is 9.35 Å².